The number of aryl methyl sites for hydroxylation is 2. The van der Waals surface area contributed by atoms with Crippen LogP contribution in [0.15, 0.2) is 76.0 Å². The van der Waals surface area contributed by atoms with Gasteiger partial charge in [-0.3, -0.25) is 9.10 Å². The van der Waals surface area contributed by atoms with Crippen molar-refractivity contribution >= 4 is 39.2 Å². The van der Waals surface area contributed by atoms with Gasteiger partial charge in [0.1, 0.15) is 6.54 Å². The van der Waals surface area contributed by atoms with Gasteiger partial charge in [-0.1, -0.05) is 30.3 Å². The van der Waals surface area contributed by atoms with Crippen molar-refractivity contribution in [2.45, 2.75) is 18.7 Å². The van der Waals surface area contributed by atoms with Crippen LogP contribution in [0.4, 0.5) is 5.69 Å². The SMILES string of the molecule is Cc1ccc(N(CC(=O)NN=Cc2cccs2)S(=O)(=O)c2ccccc2)cc1C. The molecule has 3 aromatic rings. The summed E-state index contributed by atoms with van der Waals surface area (Å²) in [5.41, 5.74) is 4.80. The zero-order valence-electron chi connectivity index (χ0n) is 16.1. The van der Waals surface area contributed by atoms with Crippen LogP contribution in [-0.2, 0) is 14.8 Å². The summed E-state index contributed by atoms with van der Waals surface area (Å²) in [6, 6.07) is 17.1. The van der Waals surface area contributed by atoms with Crippen molar-refractivity contribution in [3.8, 4) is 0 Å². The standard InChI is InChI=1S/C21H21N3O3S2/c1-16-10-11-18(13-17(16)2)24(29(26,27)20-8-4-3-5-9-20)15-21(25)23-22-14-19-7-6-12-28-19/h3-14H,15H2,1-2H3,(H,23,25). The van der Waals surface area contributed by atoms with Crippen molar-refractivity contribution in [2.24, 2.45) is 5.10 Å². The van der Waals surface area contributed by atoms with E-state index in [-0.39, 0.29) is 11.4 Å². The number of hydrogen-bond acceptors (Lipinski definition) is 5. The number of carbonyl (C=O) groups is 1. The second kappa shape index (κ2) is 9.02. The topological polar surface area (TPSA) is 78.8 Å². The van der Waals surface area contributed by atoms with Gasteiger partial charge < -0.3 is 0 Å². The number of carbonyl (C=O) groups excluding carboxylic acids is 1. The molecule has 0 bridgehead atoms. The summed E-state index contributed by atoms with van der Waals surface area (Å²) < 4.78 is 27.6. The van der Waals surface area contributed by atoms with Crippen molar-refractivity contribution in [2.75, 3.05) is 10.8 Å². The van der Waals surface area contributed by atoms with Crippen molar-refractivity contribution in [1.29, 1.82) is 0 Å². The lowest BCUT2D eigenvalue weighted by atomic mass is 10.1. The number of anilines is 1. The minimum absolute atomic E-state index is 0.119. The van der Waals surface area contributed by atoms with E-state index < -0.39 is 15.9 Å². The molecule has 1 heterocycles. The van der Waals surface area contributed by atoms with Crippen molar-refractivity contribution in [3.05, 3.63) is 82.0 Å². The van der Waals surface area contributed by atoms with Gasteiger partial charge in [0.25, 0.3) is 15.9 Å². The zero-order chi connectivity index (χ0) is 20.9. The third-order valence-electron chi connectivity index (χ3n) is 4.32. The van der Waals surface area contributed by atoms with E-state index in [0.29, 0.717) is 5.69 Å². The highest BCUT2D eigenvalue weighted by molar-refractivity contribution is 7.92. The van der Waals surface area contributed by atoms with Crippen LogP contribution in [0, 0.1) is 13.8 Å². The fourth-order valence-electron chi connectivity index (χ4n) is 2.61. The van der Waals surface area contributed by atoms with Crippen molar-refractivity contribution in [3.63, 3.8) is 0 Å². The van der Waals surface area contributed by atoms with Crippen LogP contribution in [0.2, 0.25) is 0 Å². The van der Waals surface area contributed by atoms with E-state index in [2.05, 4.69) is 10.5 Å². The molecule has 0 radical (unpaired) electrons. The first kappa shape index (κ1) is 20.8. The third kappa shape index (κ3) is 5.10. The number of hydrogen-bond donors (Lipinski definition) is 1. The van der Waals surface area contributed by atoms with Crippen LogP contribution in [0.1, 0.15) is 16.0 Å². The van der Waals surface area contributed by atoms with E-state index in [9.17, 15) is 13.2 Å². The summed E-state index contributed by atoms with van der Waals surface area (Å²) in [7, 11) is -3.92. The summed E-state index contributed by atoms with van der Waals surface area (Å²) in [5, 5.41) is 5.81. The van der Waals surface area contributed by atoms with Gasteiger partial charge in [-0.05, 0) is 60.7 Å². The van der Waals surface area contributed by atoms with Gasteiger partial charge in [-0.25, -0.2) is 13.8 Å². The molecular formula is C21H21N3O3S2. The Morgan fingerprint density at radius 2 is 1.83 bits per heavy atom. The maximum Gasteiger partial charge on any atom is 0.264 e. The maximum absolute atomic E-state index is 13.2. The summed E-state index contributed by atoms with van der Waals surface area (Å²) in [5.74, 6) is -0.532. The van der Waals surface area contributed by atoms with Crippen LogP contribution >= 0.6 is 11.3 Å². The Hall–Kier alpha value is -2.97. The molecule has 1 aromatic heterocycles. The Labute approximate surface area is 174 Å². The first-order valence-electron chi connectivity index (χ1n) is 8.88. The van der Waals surface area contributed by atoms with Gasteiger partial charge in [-0.15, -0.1) is 11.3 Å². The molecule has 1 amide bonds. The third-order valence-corrected chi connectivity index (χ3v) is 6.92. The largest absolute Gasteiger partial charge is 0.271 e. The van der Waals surface area contributed by atoms with Crippen LogP contribution in [0.5, 0.6) is 0 Å². The number of rotatable bonds is 7. The van der Waals surface area contributed by atoms with Crippen LogP contribution in [0.25, 0.3) is 0 Å². The molecule has 6 nitrogen and oxygen atoms in total. The second-order valence-electron chi connectivity index (χ2n) is 6.40. The molecule has 0 atom stereocenters. The molecule has 8 heteroatoms. The minimum atomic E-state index is -3.92. The Bertz CT molecular complexity index is 1110. The lowest BCUT2D eigenvalue weighted by molar-refractivity contribution is -0.119. The fourth-order valence-corrected chi connectivity index (χ4v) is 4.63. The molecular weight excluding hydrogens is 406 g/mol. The minimum Gasteiger partial charge on any atom is -0.271 e. The molecule has 0 saturated carbocycles. The second-order valence-corrected chi connectivity index (χ2v) is 9.24. The van der Waals surface area contributed by atoms with E-state index in [1.165, 1.54) is 29.7 Å². The molecule has 0 aliphatic rings. The highest BCUT2D eigenvalue weighted by atomic mass is 32.2. The first-order valence-corrected chi connectivity index (χ1v) is 11.2. The Morgan fingerprint density at radius 1 is 1.07 bits per heavy atom. The summed E-state index contributed by atoms with van der Waals surface area (Å²) in [6.45, 7) is 3.46. The molecule has 3 rings (SSSR count). The van der Waals surface area contributed by atoms with Gasteiger partial charge in [-0.2, -0.15) is 5.10 Å². The zero-order valence-corrected chi connectivity index (χ0v) is 17.7. The number of nitrogens with one attached hydrogen (secondary N) is 1. The molecule has 29 heavy (non-hydrogen) atoms. The molecule has 2 aromatic carbocycles. The van der Waals surface area contributed by atoms with Crippen LogP contribution in [0.3, 0.4) is 0 Å². The van der Waals surface area contributed by atoms with Crippen LogP contribution in [-0.4, -0.2) is 27.1 Å². The van der Waals surface area contributed by atoms with E-state index in [4.69, 9.17) is 0 Å². The van der Waals surface area contributed by atoms with Gasteiger partial charge in [0.05, 0.1) is 16.8 Å². The summed E-state index contributed by atoms with van der Waals surface area (Å²) >= 11 is 1.48. The average Bonchev–Trinajstić information content (AvgIpc) is 3.22. The number of hydrazone groups is 1. The molecule has 0 fully saturated rings. The normalized spacial score (nSPS) is 11.5. The van der Waals surface area contributed by atoms with Gasteiger partial charge >= 0.3 is 0 Å². The fraction of sp³-hybridized carbons (Fsp3) is 0.143. The predicted molar refractivity (Wildman–Crippen MR) is 117 cm³/mol. The quantitative estimate of drug-likeness (QED) is 0.461. The summed E-state index contributed by atoms with van der Waals surface area (Å²) in [6.07, 6.45) is 1.52. The van der Waals surface area contributed by atoms with Crippen molar-refractivity contribution in [1.82, 2.24) is 5.43 Å². The predicted octanol–water partition coefficient (Wildman–Crippen LogP) is 3.71. The summed E-state index contributed by atoms with van der Waals surface area (Å²) in [4.78, 5) is 13.5. The lowest BCUT2D eigenvalue weighted by Gasteiger charge is -2.24. The molecule has 0 aliphatic carbocycles. The van der Waals surface area contributed by atoms with Gasteiger partial charge in [0, 0.05) is 4.88 Å². The number of thiophene rings is 1. The van der Waals surface area contributed by atoms with E-state index >= 15 is 0 Å². The molecule has 0 spiro atoms. The lowest BCUT2D eigenvalue weighted by Crippen LogP contribution is -2.39. The number of amides is 1. The number of nitrogens with zero attached hydrogens (tertiary/aromatic N) is 2. The van der Waals surface area contributed by atoms with E-state index in [0.717, 1.165) is 20.3 Å². The monoisotopic (exact) mass is 427 g/mol. The Balaban J connectivity index is 1.88. The Morgan fingerprint density at radius 3 is 2.48 bits per heavy atom. The molecule has 0 saturated heterocycles. The van der Waals surface area contributed by atoms with E-state index in [1.807, 2.05) is 37.4 Å². The maximum atomic E-state index is 13.2. The highest BCUT2D eigenvalue weighted by Gasteiger charge is 2.27. The Kier molecular flexibility index (Phi) is 6.46. The average molecular weight is 428 g/mol. The van der Waals surface area contributed by atoms with Gasteiger partial charge in [0.2, 0.25) is 0 Å². The number of sulfonamides is 1. The highest BCUT2D eigenvalue weighted by Crippen LogP contribution is 2.25. The molecule has 0 unspecified atom stereocenters. The van der Waals surface area contributed by atoms with Crippen molar-refractivity contribution < 1.29 is 13.2 Å². The smallest absolute Gasteiger partial charge is 0.264 e. The van der Waals surface area contributed by atoms with Gasteiger partial charge in [0.15, 0.2) is 0 Å². The van der Waals surface area contributed by atoms with Crippen LogP contribution < -0.4 is 9.73 Å². The molecule has 150 valence electrons. The van der Waals surface area contributed by atoms with E-state index in [1.54, 1.807) is 30.3 Å². The number of benzene rings is 2. The molecule has 0 aliphatic heterocycles. The first-order chi connectivity index (χ1) is 13.9. The molecule has 1 N–H and O–H groups in total.